The molecule has 0 aromatic carbocycles. The molecule has 1 saturated carbocycles. The van der Waals surface area contributed by atoms with Crippen LogP contribution in [0.3, 0.4) is 0 Å². The minimum Gasteiger partial charge on any atom is -0.325 e. The van der Waals surface area contributed by atoms with Gasteiger partial charge in [-0.25, -0.2) is 4.79 Å². The summed E-state index contributed by atoms with van der Waals surface area (Å²) in [6, 6.07) is 0. The summed E-state index contributed by atoms with van der Waals surface area (Å²) >= 11 is 0. The third-order valence-electron chi connectivity index (χ3n) is 2.53. The van der Waals surface area contributed by atoms with Gasteiger partial charge in [-0.1, -0.05) is 24.4 Å². The molecule has 0 saturated heterocycles. The first-order valence-electron chi connectivity index (χ1n) is 5.18. The summed E-state index contributed by atoms with van der Waals surface area (Å²) < 4.78 is 0. The van der Waals surface area contributed by atoms with Gasteiger partial charge in [-0.15, -0.1) is 0 Å². The van der Waals surface area contributed by atoms with Gasteiger partial charge >= 0.3 is 5.97 Å². The maximum atomic E-state index is 11.4. The van der Waals surface area contributed by atoms with Crippen LogP contribution in [0.1, 0.15) is 39.0 Å². The van der Waals surface area contributed by atoms with Gasteiger partial charge in [0.15, 0.2) is 0 Å². The lowest BCUT2D eigenvalue weighted by Crippen LogP contribution is -2.20. The van der Waals surface area contributed by atoms with Crippen molar-refractivity contribution in [1.82, 2.24) is 0 Å². The lowest BCUT2D eigenvalue weighted by Gasteiger charge is -2.17. The van der Waals surface area contributed by atoms with Gasteiger partial charge in [0, 0.05) is 6.54 Å². The molecule has 80 valence electrons. The maximum Gasteiger partial charge on any atom is 0.338 e. The van der Waals surface area contributed by atoms with Crippen LogP contribution in [0.5, 0.6) is 0 Å². The smallest absolute Gasteiger partial charge is 0.325 e. The van der Waals surface area contributed by atoms with E-state index in [1.807, 2.05) is 0 Å². The highest BCUT2D eigenvalue weighted by Gasteiger charge is 2.22. The SMILES string of the molecule is CC(CN)=NOC(=O)C1CCCCC1. The van der Waals surface area contributed by atoms with Crippen molar-refractivity contribution in [1.29, 1.82) is 0 Å². The average molecular weight is 198 g/mol. The molecule has 2 N–H and O–H groups in total. The van der Waals surface area contributed by atoms with Crippen LogP contribution >= 0.6 is 0 Å². The molecule has 0 spiro atoms. The zero-order valence-electron chi connectivity index (χ0n) is 8.66. The van der Waals surface area contributed by atoms with Crippen molar-refractivity contribution in [2.75, 3.05) is 6.54 Å². The zero-order valence-corrected chi connectivity index (χ0v) is 8.66. The Morgan fingerprint density at radius 3 is 2.64 bits per heavy atom. The minimum absolute atomic E-state index is 0.0538. The van der Waals surface area contributed by atoms with E-state index in [2.05, 4.69) is 5.16 Å². The zero-order chi connectivity index (χ0) is 10.4. The van der Waals surface area contributed by atoms with E-state index in [1.54, 1.807) is 6.92 Å². The third-order valence-corrected chi connectivity index (χ3v) is 2.53. The maximum absolute atomic E-state index is 11.4. The summed E-state index contributed by atoms with van der Waals surface area (Å²) in [5.74, 6) is -0.143. The van der Waals surface area contributed by atoms with Crippen molar-refractivity contribution < 1.29 is 9.63 Å². The monoisotopic (exact) mass is 198 g/mol. The van der Waals surface area contributed by atoms with Crippen LogP contribution in [0.15, 0.2) is 5.16 Å². The molecule has 14 heavy (non-hydrogen) atoms. The molecule has 0 aliphatic heterocycles. The van der Waals surface area contributed by atoms with Crippen molar-refractivity contribution in [3.05, 3.63) is 0 Å². The van der Waals surface area contributed by atoms with E-state index < -0.39 is 0 Å². The van der Waals surface area contributed by atoms with Gasteiger partial charge in [0.1, 0.15) is 0 Å². The molecule has 1 rings (SSSR count). The quantitative estimate of drug-likeness (QED) is 0.424. The van der Waals surface area contributed by atoms with Crippen LogP contribution in [0.25, 0.3) is 0 Å². The van der Waals surface area contributed by atoms with E-state index in [0.717, 1.165) is 25.7 Å². The van der Waals surface area contributed by atoms with Gasteiger partial charge < -0.3 is 10.6 Å². The average Bonchev–Trinajstić information content (AvgIpc) is 2.26. The van der Waals surface area contributed by atoms with Crippen LogP contribution in [-0.2, 0) is 9.63 Å². The Bertz CT molecular complexity index is 220. The lowest BCUT2D eigenvalue weighted by molar-refractivity contribution is -0.149. The van der Waals surface area contributed by atoms with Crippen LogP contribution in [-0.4, -0.2) is 18.2 Å². The van der Waals surface area contributed by atoms with Gasteiger partial charge in [0.2, 0.25) is 0 Å². The topological polar surface area (TPSA) is 64.7 Å². The molecule has 1 aliphatic rings. The summed E-state index contributed by atoms with van der Waals surface area (Å²) in [6.45, 7) is 2.08. The second-order valence-corrected chi connectivity index (χ2v) is 3.78. The molecule has 0 amide bonds. The van der Waals surface area contributed by atoms with Crippen molar-refractivity contribution in [3.8, 4) is 0 Å². The Kier molecular flexibility index (Phi) is 4.59. The van der Waals surface area contributed by atoms with Crippen molar-refractivity contribution >= 4 is 11.7 Å². The Morgan fingerprint density at radius 1 is 1.43 bits per heavy atom. The summed E-state index contributed by atoms with van der Waals surface area (Å²) in [6.07, 6.45) is 5.36. The number of oxime groups is 1. The first-order valence-corrected chi connectivity index (χ1v) is 5.18. The largest absolute Gasteiger partial charge is 0.338 e. The van der Waals surface area contributed by atoms with E-state index in [1.165, 1.54) is 6.42 Å². The summed E-state index contributed by atoms with van der Waals surface area (Å²) in [5.41, 5.74) is 5.96. The standard InChI is InChI=1S/C10H18N2O2/c1-8(7-11)12-14-10(13)9-5-3-2-4-6-9/h9H,2-7,11H2,1H3. The number of carbonyl (C=O) groups is 1. The number of rotatable bonds is 3. The van der Waals surface area contributed by atoms with Crippen molar-refractivity contribution in [3.63, 3.8) is 0 Å². The Labute approximate surface area is 84.5 Å². The molecule has 4 nitrogen and oxygen atoms in total. The first kappa shape index (κ1) is 11.2. The highest BCUT2D eigenvalue weighted by Crippen LogP contribution is 2.24. The highest BCUT2D eigenvalue weighted by atomic mass is 16.7. The number of hydrogen-bond donors (Lipinski definition) is 1. The second kappa shape index (κ2) is 5.75. The molecule has 1 aliphatic carbocycles. The summed E-state index contributed by atoms with van der Waals surface area (Å²) in [5, 5.41) is 3.66. The Hall–Kier alpha value is -0.900. The summed E-state index contributed by atoms with van der Waals surface area (Å²) in [7, 11) is 0. The van der Waals surface area contributed by atoms with E-state index >= 15 is 0 Å². The molecule has 0 radical (unpaired) electrons. The van der Waals surface area contributed by atoms with Gasteiger partial charge in [-0.2, -0.15) is 0 Å². The molecular formula is C10H18N2O2. The molecule has 0 heterocycles. The normalized spacial score (nSPS) is 19.4. The minimum atomic E-state index is -0.197. The predicted octanol–water partition coefficient (Wildman–Crippen LogP) is 1.44. The molecule has 4 heteroatoms. The fourth-order valence-electron chi connectivity index (χ4n) is 1.57. The fraction of sp³-hybridized carbons (Fsp3) is 0.800. The number of carbonyl (C=O) groups excluding carboxylic acids is 1. The van der Waals surface area contributed by atoms with E-state index in [9.17, 15) is 4.79 Å². The molecular weight excluding hydrogens is 180 g/mol. The number of hydrogen-bond acceptors (Lipinski definition) is 4. The second-order valence-electron chi connectivity index (χ2n) is 3.78. The number of nitrogens with zero attached hydrogens (tertiary/aromatic N) is 1. The molecule has 0 aromatic heterocycles. The summed E-state index contributed by atoms with van der Waals surface area (Å²) in [4.78, 5) is 16.3. The molecule has 0 atom stereocenters. The van der Waals surface area contributed by atoms with Crippen LogP contribution in [0.2, 0.25) is 0 Å². The molecule has 0 unspecified atom stereocenters. The van der Waals surface area contributed by atoms with Crippen molar-refractivity contribution in [2.24, 2.45) is 16.8 Å². The Balaban J connectivity index is 2.33. The van der Waals surface area contributed by atoms with E-state index in [-0.39, 0.29) is 11.9 Å². The fourth-order valence-corrected chi connectivity index (χ4v) is 1.57. The first-order chi connectivity index (χ1) is 6.74. The van der Waals surface area contributed by atoms with E-state index in [0.29, 0.717) is 12.3 Å². The van der Waals surface area contributed by atoms with Gasteiger partial charge in [0.25, 0.3) is 0 Å². The Morgan fingerprint density at radius 2 is 2.07 bits per heavy atom. The van der Waals surface area contributed by atoms with Crippen LogP contribution in [0.4, 0.5) is 0 Å². The van der Waals surface area contributed by atoms with Crippen LogP contribution in [0, 0.1) is 5.92 Å². The predicted molar refractivity (Wildman–Crippen MR) is 54.8 cm³/mol. The van der Waals surface area contributed by atoms with Gasteiger partial charge in [-0.3, -0.25) is 0 Å². The third kappa shape index (κ3) is 3.46. The van der Waals surface area contributed by atoms with Gasteiger partial charge in [0.05, 0.1) is 11.6 Å². The van der Waals surface area contributed by atoms with Crippen molar-refractivity contribution in [2.45, 2.75) is 39.0 Å². The lowest BCUT2D eigenvalue weighted by atomic mass is 9.89. The molecule has 0 aromatic rings. The molecule has 0 bridgehead atoms. The molecule has 1 fully saturated rings. The highest BCUT2D eigenvalue weighted by molar-refractivity contribution is 5.84. The van der Waals surface area contributed by atoms with Crippen LogP contribution < -0.4 is 5.73 Å². The van der Waals surface area contributed by atoms with Gasteiger partial charge in [-0.05, 0) is 19.8 Å². The number of nitrogens with two attached hydrogens (primary N) is 1. The van der Waals surface area contributed by atoms with E-state index in [4.69, 9.17) is 10.6 Å².